The van der Waals surface area contributed by atoms with Crippen molar-refractivity contribution in [2.45, 2.75) is 19.1 Å². The van der Waals surface area contributed by atoms with Gasteiger partial charge in [0.25, 0.3) is 0 Å². The first-order valence-corrected chi connectivity index (χ1v) is 6.17. The van der Waals surface area contributed by atoms with Gasteiger partial charge in [-0.1, -0.05) is 12.1 Å². The molecule has 102 valence electrons. The van der Waals surface area contributed by atoms with E-state index in [0.717, 1.165) is 0 Å². The summed E-state index contributed by atoms with van der Waals surface area (Å²) >= 11 is 0. The fourth-order valence-electron chi connectivity index (χ4n) is 1.85. The van der Waals surface area contributed by atoms with E-state index in [1.54, 1.807) is 25.3 Å². The van der Waals surface area contributed by atoms with Crippen LogP contribution in [0.4, 0.5) is 10.2 Å². The first-order chi connectivity index (χ1) is 9.61. The van der Waals surface area contributed by atoms with Gasteiger partial charge in [-0.2, -0.15) is 5.26 Å². The van der Waals surface area contributed by atoms with Crippen molar-refractivity contribution in [3.63, 3.8) is 0 Å². The van der Waals surface area contributed by atoms with Crippen LogP contribution in [0.25, 0.3) is 0 Å². The molecule has 0 aliphatic heterocycles. The summed E-state index contributed by atoms with van der Waals surface area (Å²) in [5, 5.41) is 22.2. The average Bonchev–Trinajstić information content (AvgIpc) is 2.48. The third-order valence-electron chi connectivity index (χ3n) is 2.98. The predicted octanol–water partition coefficient (Wildman–Crippen LogP) is 2.63. The Balaban J connectivity index is 2.13. The lowest BCUT2D eigenvalue weighted by atomic mass is 10.0. The first kappa shape index (κ1) is 14.0. The van der Waals surface area contributed by atoms with E-state index in [1.165, 1.54) is 24.3 Å². The Morgan fingerprint density at radius 3 is 2.65 bits per heavy atom. The Labute approximate surface area is 116 Å². The van der Waals surface area contributed by atoms with Gasteiger partial charge >= 0.3 is 0 Å². The van der Waals surface area contributed by atoms with Crippen LogP contribution < -0.4 is 5.32 Å². The molecule has 0 aliphatic rings. The molecule has 20 heavy (non-hydrogen) atoms. The van der Waals surface area contributed by atoms with Crippen LogP contribution in [0.1, 0.15) is 24.2 Å². The van der Waals surface area contributed by atoms with Crippen LogP contribution in [0, 0.1) is 17.1 Å². The number of halogens is 1. The topological polar surface area (TPSA) is 68.9 Å². The lowest BCUT2D eigenvalue weighted by Crippen LogP contribution is -2.25. The smallest absolute Gasteiger partial charge is 0.144 e. The van der Waals surface area contributed by atoms with Gasteiger partial charge in [0.1, 0.15) is 17.7 Å². The minimum absolute atomic E-state index is 0.349. The molecule has 1 heterocycles. The van der Waals surface area contributed by atoms with Gasteiger partial charge in [-0.3, -0.25) is 0 Å². The maximum atomic E-state index is 12.9. The molecule has 2 aromatic rings. The summed E-state index contributed by atoms with van der Waals surface area (Å²) in [5.41, 5.74) is 1.01. The fourth-order valence-corrected chi connectivity index (χ4v) is 1.85. The number of aromatic nitrogens is 1. The van der Waals surface area contributed by atoms with Gasteiger partial charge in [-0.15, -0.1) is 0 Å². The molecular weight excluding hydrogens is 257 g/mol. The van der Waals surface area contributed by atoms with Crippen molar-refractivity contribution in [1.29, 1.82) is 5.26 Å². The Morgan fingerprint density at radius 1 is 1.30 bits per heavy atom. The monoisotopic (exact) mass is 271 g/mol. The van der Waals surface area contributed by atoms with Crippen molar-refractivity contribution in [3.8, 4) is 6.07 Å². The van der Waals surface area contributed by atoms with E-state index in [2.05, 4.69) is 10.3 Å². The molecule has 1 aromatic carbocycles. The van der Waals surface area contributed by atoms with Crippen molar-refractivity contribution in [2.24, 2.45) is 0 Å². The number of hydrogen-bond acceptors (Lipinski definition) is 4. The molecule has 2 N–H and O–H groups in total. The van der Waals surface area contributed by atoms with Crippen molar-refractivity contribution < 1.29 is 9.50 Å². The zero-order valence-electron chi connectivity index (χ0n) is 10.9. The maximum Gasteiger partial charge on any atom is 0.144 e. The van der Waals surface area contributed by atoms with Crippen LogP contribution >= 0.6 is 0 Å². The molecule has 0 saturated heterocycles. The number of pyridine rings is 1. The molecule has 0 saturated carbocycles. The van der Waals surface area contributed by atoms with E-state index in [4.69, 9.17) is 5.26 Å². The second-order valence-electron chi connectivity index (χ2n) is 4.44. The van der Waals surface area contributed by atoms with Crippen LogP contribution in [-0.2, 0) is 0 Å². The highest BCUT2D eigenvalue weighted by atomic mass is 19.1. The molecule has 2 rings (SSSR count). The van der Waals surface area contributed by atoms with Gasteiger partial charge in [-0.05, 0) is 36.8 Å². The molecule has 0 fully saturated rings. The first-order valence-electron chi connectivity index (χ1n) is 6.17. The van der Waals surface area contributed by atoms with Gasteiger partial charge in [0.05, 0.1) is 17.7 Å². The minimum atomic E-state index is -0.829. The molecule has 0 spiro atoms. The Kier molecular flexibility index (Phi) is 4.28. The van der Waals surface area contributed by atoms with Crippen molar-refractivity contribution >= 4 is 5.82 Å². The summed E-state index contributed by atoms with van der Waals surface area (Å²) < 4.78 is 12.9. The molecule has 0 bridgehead atoms. The second kappa shape index (κ2) is 6.13. The van der Waals surface area contributed by atoms with E-state index >= 15 is 0 Å². The summed E-state index contributed by atoms with van der Waals surface area (Å²) in [5.74, 6) is 0.0710. The highest BCUT2D eigenvalue weighted by Gasteiger charge is 2.17. The molecule has 5 heteroatoms. The summed E-state index contributed by atoms with van der Waals surface area (Å²) in [6, 6.07) is 10.6. The van der Waals surface area contributed by atoms with Gasteiger partial charge in [0, 0.05) is 6.20 Å². The third-order valence-corrected chi connectivity index (χ3v) is 2.98. The van der Waals surface area contributed by atoms with Gasteiger partial charge < -0.3 is 10.4 Å². The molecule has 2 atom stereocenters. The lowest BCUT2D eigenvalue weighted by Gasteiger charge is -2.21. The van der Waals surface area contributed by atoms with E-state index in [0.29, 0.717) is 16.9 Å². The fraction of sp³-hybridized carbons (Fsp3) is 0.200. The standard InChI is InChI=1S/C15H14FN3O/c1-10(14(20)11-4-6-13(16)7-5-11)19-15-12(9-17)3-2-8-18-15/h2-8,10,14,20H,1H3,(H,18,19)/t10-,14-/m1/s1. The molecule has 0 unspecified atom stereocenters. The molecule has 1 aromatic heterocycles. The third kappa shape index (κ3) is 3.11. The lowest BCUT2D eigenvalue weighted by molar-refractivity contribution is 0.160. The number of anilines is 1. The Morgan fingerprint density at radius 2 is 2.00 bits per heavy atom. The van der Waals surface area contributed by atoms with Crippen LogP contribution in [-0.4, -0.2) is 16.1 Å². The van der Waals surface area contributed by atoms with E-state index in [9.17, 15) is 9.50 Å². The number of nitriles is 1. The SMILES string of the molecule is C[C@@H](Nc1ncccc1C#N)[C@@H](O)c1ccc(F)cc1. The van der Waals surface area contributed by atoms with Crippen molar-refractivity contribution in [1.82, 2.24) is 4.98 Å². The Hall–Kier alpha value is -2.45. The number of benzene rings is 1. The maximum absolute atomic E-state index is 12.9. The van der Waals surface area contributed by atoms with Crippen LogP contribution in [0.5, 0.6) is 0 Å². The number of nitrogens with one attached hydrogen (secondary N) is 1. The number of aliphatic hydroxyl groups excluding tert-OH is 1. The normalized spacial score (nSPS) is 13.3. The number of rotatable bonds is 4. The van der Waals surface area contributed by atoms with Crippen molar-refractivity contribution in [2.75, 3.05) is 5.32 Å². The largest absolute Gasteiger partial charge is 0.386 e. The quantitative estimate of drug-likeness (QED) is 0.897. The van der Waals surface area contributed by atoms with Gasteiger partial charge in [-0.25, -0.2) is 9.37 Å². The highest BCUT2D eigenvalue weighted by molar-refractivity contribution is 5.52. The summed E-state index contributed by atoms with van der Waals surface area (Å²) in [6.07, 6.45) is 0.740. The molecular formula is C15H14FN3O. The number of aliphatic hydroxyl groups is 1. The van der Waals surface area contributed by atoms with Crippen molar-refractivity contribution in [3.05, 3.63) is 59.5 Å². The molecule has 4 nitrogen and oxygen atoms in total. The molecule has 0 radical (unpaired) electrons. The summed E-state index contributed by atoms with van der Waals surface area (Å²) in [4.78, 5) is 4.07. The summed E-state index contributed by atoms with van der Waals surface area (Å²) in [6.45, 7) is 1.77. The zero-order valence-corrected chi connectivity index (χ0v) is 10.9. The van der Waals surface area contributed by atoms with E-state index in [-0.39, 0.29) is 11.9 Å². The molecule has 0 aliphatic carbocycles. The number of hydrogen-bond donors (Lipinski definition) is 2. The van der Waals surface area contributed by atoms with Crippen LogP contribution in [0.3, 0.4) is 0 Å². The highest BCUT2D eigenvalue weighted by Crippen LogP contribution is 2.21. The van der Waals surface area contributed by atoms with Crippen LogP contribution in [0.2, 0.25) is 0 Å². The van der Waals surface area contributed by atoms with Gasteiger partial charge in [0.2, 0.25) is 0 Å². The van der Waals surface area contributed by atoms with Gasteiger partial charge in [0.15, 0.2) is 0 Å². The van der Waals surface area contributed by atoms with Crippen LogP contribution in [0.15, 0.2) is 42.6 Å². The zero-order chi connectivity index (χ0) is 14.5. The molecule has 0 amide bonds. The number of nitrogens with zero attached hydrogens (tertiary/aromatic N) is 2. The van der Waals surface area contributed by atoms with E-state index in [1.807, 2.05) is 6.07 Å². The second-order valence-corrected chi connectivity index (χ2v) is 4.44. The summed E-state index contributed by atoms with van der Waals surface area (Å²) in [7, 11) is 0. The van der Waals surface area contributed by atoms with E-state index < -0.39 is 6.10 Å². The average molecular weight is 271 g/mol. The predicted molar refractivity (Wildman–Crippen MR) is 73.4 cm³/mol. The Bertz CT molecular complexity index is 622. The minimum Gasteiger partial charge on any atom is -0.386 e.